The predicted molar refractivity (Wildman–Crippen MR) is 65.8 cm³/mol. The minimum Gasteiger partial charge on any atom is -0.388 e. The summed E-state index contributed by atoms with van der Waals surface area (Å²) in [5.41, 5.74) is 0. The van der Waals surface area contributed by atoms with Crippen LogP contribution in [0.15, 0.2) is 0 Å². The van der Waals surface area contributed by atoms with Crippen molar-refractivity contribution in [2.75, 3.05) is 0 Å². The van der Waals surface area contributed by atoms with Crippen LogP contribution in [0.3, 0.4) is 0 Å². The van der Waals surface area contributed by atoms with Gasteiger partial charge in [-0.2, -0.15) is 0 Å². The highest BCUT2D eigenvalue weighted by Crippen LogP contribution is 2.27. The maximum absolute atomic E-state index is 9.82. The second-order valence-corrected chi connectivity index (χ2v) is 5.50. The van der Waals surface area contributed by atoms with E-state index in [4.69, 9.17) is 14.2 Å². The second kappa shape index (κ2) is 6.41. The fourth-order valence-electron chi connectivity index (χ4n) is 2.38. The Morgan fingerprint density at radius 2 is 0.905 bits per heavy atom. The summed E-state index contributed by atoms with van der Waals surface area (Å²) in [5, 5.41) is 58.1. The van der Waals surface area contributed by atoms with E-state index in [1.807, 2.05) is 0 Å². The van der Waals surface area contributed by atoms with Crippen LogP contribution in [-0.2, 0) is 14.2 Å². The summed E-state index contributed by atoms with van der Waals surface area (Å²) in [4.78, 5) is 0. The summed E-state index contributed by atoms with van der Waals surface area (Å²) in [6.45, 7) is 2.96. The first-order valence-electron chi connectivity index (χ1n) is 6.78. The molecule has 0 aromatic heterocycles. The molecule has 0 amide bonds. The molecule has 2 saturated heterocycles. The third-order valence-corrected chi connectivity index (χ3v) is 3.89. The Balaban J connectivity index is 2.03. The molecule has 0 spiro atoms. The first-order valence-corrected chi connectivity index (χ1v) is 6.78. The molecule has 10 atom stereocenters. The van der Waals surface area contributed by atoms with Crippen LogP contribution < -0.4 is 0 Å². The number of hydrogen-bond acceptors (Lipinski definition) is 9. The zero-order chi connectivity index (χ0) is 15.9. The van der Waals surface area contributed by atoms with Gasteiger partial charge in [-0.05, 0) is 13.8 Å². The molecule has 2 aliphatic rings. The molecular formula is C12H22O9. The molecule has 21 heavy (non-hydrogen) atoms. The number of ether oxygens (including phenoxy) is 3. The van der Waals surface area contributed by atoms with Gasteiger partial charge in [-0.3, -0.25) is 0 Å². The first kappa shape index (κ1) is 17.0. The Hall–Kier alpha value is -0.360. The van der Waals surface area contributed by atoms with E-state index in [2.05, 4.69) is 0 Å². The highest BCUT2D eigenvalue weighted by atomic mass is 16.8. The summed E-state index contributed by atoms with van der Waals surface area (Å²) in [6, 6.07) is 0. The van der Waals surface area contributed by atoms with E-state index < -0.39 is 61.4 Å². The molecule has 2 heterocycles. The van der Waals surface area contributed by atoms with Gasteiger partial charge in [-0.1, -0.05) is 0 Å². The van der Waals surface area contributed by atoms with Crippen LogP contribution in [0, 0.1) is 0 Å². The monoisotopic (exact) mass is 310 g/mol. The van der Waals surface area contributed by atoms with Gasteiger partial charge in [0.15, 0.2) is 12.6 Å². The zero-order valence-corrected chi connectivity index (χ0v) is 11.7. The zero-order valence-electron chi connectivity index (χ0n) is 11.7. The lowest BCUT2D eigenvalue weighted by atomic mass is 9.99. The summed E-state index contributed by atoms with van der Waals surface area (Å²) < 4.78 is 15.7. The first-order chi connectivity index (χ1) is 9.73. The summed E-state index contributed by atoms with van der Waals surface area (Å²) in [7, 11) is 0. The molecule has 0 unspecified atom stereocenters. The number of aliphatic hydroxyl groups is 6. The van der Waals surface area contributed by atoms with E-state index in [0.29, 0.717) is 0 Å². The van der Waals surface area contributed by atoms with E-state index in [1.54, 1.807) is 0 Å². The third kappa shape index (κ3) is 3.21. The number of aliphatic hydroxyl groups excluding tert-OH is 6. The van der Waals surface area contributed by atoms with Gasteiger partial charge in [0, 0.05) is 0 Å². The molecule has 2 rings (SSSR count). The Morgan fingerprint density at radius 3 is 1.24 bits per heavy atom. The minimum atomic E-state index is -1.55. The maximum Gasteiger partial charge on any atom is 0.189 e. The molecule has 0 aromatic carbocycles. The van der Waals surface area contributed by atoms with E-state index >= 15 is 0 Å². The van der Waals surface area contributed by atoms with E-state index in [9.17, 15) is 30.6 Å². The normalized spacial score (nSPS) is 55.4. The topological polar surface area (TPSA) is 149 Å². The van der Waals surface area contributed by atoms with Gasteiger partial charge in [0.05, 0.1) is 12.2 Å². The van der Waals surface area contributed by atoms with Gasteiger partial charge in [0.2, 0.25) is 0 Å². The van der Waals surface area contributed by atoms with Crippen molar-refractivity contribution in [1.29, 1.82) is 0 Å². The fourth-order valence-corrected chi connectivity index (χ4v) is 2.38. The van der Waals surface area contributed by atoms with Crippen LogP contribution in [0.5, 0.6) is 0 Å². The average molecular weight is 310 g/mol. The van der Waals surface area contributed by atoms with Crippen molar-refractivity contribution in [2.24, 2.45) is 0 Å². The van der Waals surface area contributed by atoms with Crippen LogP contribution in [0.25, 0.3) is 0 Å². The van der Waals surface area contributed by atoms with Crippen molar-refractivity contribution >= 4 is 0 Å². The van der Waals surface area contributed by atoms with E-state index in [-0.39, 0.29) is 0 Å². The molecule has 0 radical (unpaired) electrons. The maximum atomic E-state index is 9.82. The summed E-state index contributed by atoms with van der Waals surface area (Å²) in [6.07, 6.45) is -12.9. The van der Waals surface area contributed by atoms with Crippen molar-refractivity contribution in [3.05, 3.63) is 0 Å². The highest BCUT2D eigenvalue weighted by Gasteiger charge is 2.48. The molecule has 0 bridgehead atoms. The summed E-state index contributed by atoms with van der Waals surface area (Å²) in [5.74, 6) is 0. The summed E-state index contributed by atoms with van der Waals surface area (Å²) >= 11 is 0. The molecular weight excluding hydrogens is 288 g/mol. The van der Waals surface area contributed by atoms with Gasteiger partial charge < -0.3 is 44.8 Å². The minimum absolute atomic E-state index is 0.804. The molecule has 124 valence electrons. The standard InChI is InChI=1S/C12H22O9/c1-3-5(13)7(15)9(17)11(19-3)21-12-10(18)8(16)6(14)4(2)20-12/h3-18H,1-2H3/t3-,4-,5-,6-,7+,8+,9+,10+,11-,12+/m0/s1. The van der Waals surface area contributed by atoms with Gasteiger partial charge in [-0.15, -0.1) is 0 Å². The number of rotatable bonds is 2. The Kier molecular flexibility index (Phi) is 5.19. The fraction of sp³-hybridized carbons (Fsp3) is 1.00. The van der Waals surface area contributed by atoms with Gasteiger partial charge >= 0.3 is 0 Å². The van der Waals surface area contributed by atoms with Crippen molar-refractivity contribution < 1.29 is 44.8 Å². The highest BCUT2D eigenvalue weighted by molar-refractivity contribution is 4.90. The average Bonchev–Trinajstić information content (AvgIpc) is 2.45. The molecule has 2 aliphatic heterocycles. The van der Waals surface area contributed by atoms with Crippen molar-refractivity contribution in [3.8, 4) is 0 Å². The van der Waals surface area contributed by atoms with Gasteiger partial charge in [0.25, 0.3) is 0 Å². The van der Waals surface area contributed by atoms with Crippen molar-refractivity contribution in [3.63, 3.8) is 0 Å². The molecule has 0 saturated carbocycles. The third-order valence-electron chi connectivity index (χ3n) is 3.89. The smallest absolute Gasteiger partial charge is 0.189 e. The van der Waals surface area contributed by atoms with Crippen LogP contribution in [-0.4, -0.2) is 92.1 Å². The predicted octanol–water partition coefficient (Wildman–Crippen LogP) is -3.34. The lowest BCUT2D eigenvalue weighted by Crippen LogP contribution is -2.62. The van der Waals surface area contributed by atoms with Crippen LogP contribution >= 0.6 is 0 Å². The molecule has 9 nitrogen and oxygen atoms in total. The van der Waals surface area contributed by atoms with Crippen molar-refractivity contribution in [2.45, 2.75) is 75.3 Å². The van der Waals surface area contributed by atoms with Crippen LogP contribution in [0.1, 0.15) is 13.8 Å². The molecule has 9 heteroatoms. The Bertz CT molecular complexity index is 322. The lowest BCUT2D eigenvalue weighted by Gasteiger charge is -2.44. The quantitative estimate of drug-likeness (QED) is 0.308. The molecule has 2 fully saturated rings. The van der Waals surface area contributed by atoms with Crippen LogP contribution in [0.4, 0.5) is 0 Å². The SMILES string of the molecule is C[C@@H]1O[C@@H](O[C@H]2O[C@@H](C)[C@H](O)[C@@H](O)[C@H]2O)[C@H](O)[C@H](O)[C@H]1O. The number of hydrogen-bond donors (Lipinski definition) is 6. The van der Waals surface area contributed by atoms with Gasteiger partial charge in [0.1, 0.15) is 36.6 Å². The second-order valence-electron chi connectivity index (χ2n) is 5.50. The molecule has 0 aliphatic carbocycles. The van der Waals surface area contributed by atoms with Crippen LogP contribution in [0.2, 0.25) is 0 Å². The lowest BCUT2D eigenvalue weighted by molar-refractivity contribution is -0.370. The Morgan fingerprint density at radius 1 is 0.571 bits per heavy atom. The Labute approximate surface area is 121 Å². The molecule has 6 N–H and O–H groups in total. The van der Waals surface area contributed by atoms with E-state index in [1.165, 1.54) is 13.8 Å². The van der Waals surface area contributed by atoms with Crippen molar-refractivity contribution in [1.82, 2.24) is 0 Å². The van der Waals surface area contributed by atoms with Gasteiger partial charge in [-0.25, -0.2) is 0 Å². The largest absolute Gasteiger partial charge is 0.388 e. The van der Waals surface area contributed by atoms with E-state index in [0.717, 1.165) is 0 Å². The molecule has 0 aromatic rings.